The Labute approximate surface area is 207 Å². The van der Waals surface area contributed by atoms with Crippen LogP contribution in [-0.4, -0.2) is 41.8 Å². The maximum Gasteiger partial charge on any atom is 0.501 e. The molecule has 0 bridgehead atoms. The maximum atomic E-state index is 13.0. The van der Waals surface area contributed by atoms with Gasteiger partial charge in [-0.05, 0) is 42.5 Å². The Hall–Kier alpha value is -3.97. The van der Waals surface area contributed by atoms with Crippen LogP contribution in [0.4, 0.5) is 24.8 Å². The molecular weight excluding hydrogens is 523 g/mol. The first kappa shape index (κ1) is 25.1. The second kappa shape index (κ2) is 9.59. The number of rotatable bonds is 6. The molecule has 186 valence electrons. The molecule has 0 saturated carbocycles. The van der Waals surface area contributed by atoms with E-state index in [0.717, 1.165) is 12.1 Å². The summed E-state index contributed by atoms with van der Waals surface area (Å²) < 4.78 is 68.2. The van der Waals surface area contributed by atoms with Crippen molar-refractivity contribution in [3.63, 3.8) is 0 Å². The third-order valence-corrected chi connectivity index (χ3v) is 6.73. The lowest BCUT2D eigenvalue weighted by Gasteiger charge is -2.12. The molecular formula is C22H15ClF3N5O4S. The predicted molar refractivity (Wildman–Crippen MR) is 125 cm³/mol. The largest absolute Gasteiger partial charge is 0.501 e. The molecule has 4 rings (SSSR count). The van der Waals surface area contributed by atoms with Gasteiger partial charge < -0.3 is 15.4 Å². The van der Waals surface area contributed by atoms with E-state index < -0.39 is 25.3 Å². The average Bonchev–Trinajstić information content (AvgIpc) is 2.84. The van der Waals surface area contributed by atoms with E-state index in [-0.39, 0.29) is 23.2 Å². The predicted octanol–water partition coefficient (Wildman–Crippen LogP) is 4.87. The van der Waals surface area contributed by atoms with E-state index in [1.807, 2.05) is 0 Å². The maximum absolute atomic E-state index is 13.0. The molecule has 1 amide bonds. The van der Waals surface area contributed by atoms with Crippen LogP contribution < -0.4 is 15.4 Å². The Morgan fingerprint density at radius 2 is 1.78 bits per heavy atom. The van der Waals surface area contributed by atoms with Crippen LogP contribution in [0, 0.1) is 0 Å². The molecule has 2 heterocycles. The Bertz CT molecular complexity index is 1580. The van der Waals surface area contributed by atoms with E-state index in [9.17, 15) is 26.4 Å². The first-order chi connectivity index (χ1) is 17.0. The van der Waals surface area contributed by atoms with Crippen LogP contribution in [0.15, 0.2) is 65.8 Å². The number of ether oxygens (including phenoxy) is 1. The molecule has 2 N–H and O–H groups in total. The molecule has 4 aromatic rings. The number of halogens is 4. The van der Waals surface area contributed by atoms with Crippen LogP contribution >= 0.6 is 11.6 Å². The number of nitrogens with one attached hydrogen (secondary N) is 2. The van der Waals surface area contributed by atoms with Gasteiger partial charge in [-0.1, -0.05) is 11.6 Å². The van der Waals surface area contributed by atoms with Crippen molar-refractivity contribution in [1.82, 2.24) is 20.3 Å². The third kappa shape index (κ3) is 5.16. The van der Waals surface area contributed by atoms with Gasteiger partial charge in [0, 0.05) is 36.6 Å². The smallest absolute Gasteiger partial charge is 0.457 e. The number of aromatic nitrogens is 3. The van der Waals surface area contributed by atoms with Crippen LogP contribution in [0.1, 0.15) is 10.5 Å². The molecule has 36 heavy (non-hydrogen) atoms. The number of nitrogens with zero attached hydrogens (tertiary/aromatic N) is 3. The molecule has 2 aromatic carbocycles. The van der Waals surface area contributed by atoms with Gasteiger partial charge in [-0.2, -0.15) is 13.2 Å². The van der Waals surface area contributed by atoms with Crippen molar-refractivity contribution in [3.05, 3.63) is 71.6 Å². The number of hydrogen-bond donors (Lipinski definition) is 2. The van der Waals surface area contributed by atoms with Crippen molar-refractivity contribution in [1.29, 1.82) is 0 Å². The van der Waals surface area contributed by atoms with Gasteiger partial charge >= 0.3 is 5.51 Å². The van der Waals surface area contributed by atoms with Crippen LogP contribution in [-0.2, 0) is 9.84 Å². The number of fused-ring (bicyclic) bond motifs is 1. The Morgan fingerprint density at radius 3 is 2.50 bits per heavy atom. The second-order valence-corrected chi connectivity index (χ2v) is 9.51. The van der Waals surface area contributed by atoms with Crippen LogP contribution in [0.25, 0.3) is 10.9 Å². The number of anilines is 2. The van der Waals surface area contributed by atoms with Crippen LogP contribution in [0.3, 0.4) is 0 Å². The Balaban J connectivity index is 1.57. The van der Waals surface area contributed by atoms with Crippen LogP contribution in [0.5, 0.6) is 11.5 Å². The van der Waals surface area contributed by atoms with E-state index >= 15 is 0 Å². The van der Waals surface area contributed by atoms with Crippen molar-refractivity contribution in [2.45, 2.75) is 10.4 Å². The standard InChI is InChI=1S/C22H15ClF3N5O4S/c1-27-20(32)18-10-15(6-7-28-18)35-14-3-5-17-12(8-14)11-29-21(31-17)30-13-2-4-16(23)19(9-13)36(33,34)22(24,25)26/h2-11H,1H3,(H,27,32)(H,29,30,31). The zero-order valence-electron chi connectivity index (χ0n) is 18.2. The fourth-order valence-corrected chi connectivity index (χ4v) is 4.32. The minimum Gasteiger partial charge on any atom is -0.457 e. The average molecular weight is 538 g/mol. The SMILES string of the molecule is CNC(=O)c1cc(Oc2ccc3nc(Nc4ccc(Cl)c(S(=O)(=O)C(F)(F)F)c4)ncc3c2)ccn1. The van der Waals surface area contributed by atoms with Crippen molar-refractivity contribution in [3.8, 4) is 11.5 Å². The summed E-state index contributed by atoms with van der Waals surface area (Å²) in [6, 6.07) is 11.0. The van der Waals surface area contributed by atoms with Gasteiger partial charge in [-0.3, -0.25) is 9.78 Å². The Morgan fingerprint density at radius 1 is 1.03 bits per heavy atom. The van der Waals surface area contributed by atoms with Gasteiger partial charge in [0.05, 0.1) is 15.4 Å². The molecule has 14 heteroatoms. The highest BCUT2D eigenvalue weighted by atomic mass is 35.5. The molecule has 2 aromatic heterocycles. The summed E-state index contributed by atoms with van der Waals surface area (Å²) in [7, 11) is -4.16. The van der Waals surface area contributed by atoms with E-state index in [0.29, 0.717) is 22.4 Å². The highest BCUT2D eigenvalue weighted by Crippen LogP contribution is 2.36. The highest BCUT2D eigenvalue weighted by molar-refractivity contribution is 7.92. The van der Waals surface area contributed by atoms with Crippen molar-refractivity contribution in [2.24, 2.45) is 0 Å². The topological polar surface area (TPSA) is 123 Å². The first-order valence-electron chi connectivity index (χ1n) is 9.98. The zero-order chi connectivity index (χ0) is 26.1. The molecule has 0 aliphatic heterocycles. The number of sulfone groups is 1. The minimum atomic E-state index is -5.65. The van der Waals surface area contributed by atoms with E-state index in [2.05, 4.69) is 25.6 Å². The van der Waals surface area contributed by atoms with Crippen molar-refractivity contribution < 1.29 is 31.1 Å². The fraction of sp³-hybridized carbons (Fsp3) is 0.0909. The molecule has 0 saturated heterocycles. The van der Waals surface area contributed by atoms with Gasteiger partial charge in [-0.25, -0.2) is 18.4 Å². The second-order valence-electron chi connectivity index (χ2n) is 7.19. The summed E-state index contributed by atoms with van der Waals surface area (Å²) in [5, 5.41) is 5.16. The monoisotopic (exact) mass is 537 g/mol. The summed E-state index contributed by atoms with van der Waals surface area (Å²) in [5.74, 6) is 0.462. The summed E-state index contributed by atoms with van der Waals surface area (Å²) >= 11 is 5.70. The number of carbonyl (C=O) groups excluding carboxylic acids is 1. The van der Waals surface area contributed by atoms with E-state index in [4.69, 9.17) is 16.3 Å². The lowest BCUT2D eigenvalue weighted by atomic mass is 10.2. The van der Waals surface area contributed by atoms with Crippen LogP contribution in [0.2, 0.25) is 5.02 Å². The highest BCUT2D eigenvalue weighted by Gasteiger charge is 2.48. The zero-order valence-corrected chi connectivity index (χ0v) is 19.7. The summed E-state index contributed by atoms with van der Waals surface area (Å²) in [6.45, 7) is 0. The van der Waals surface area contributed by atoms with Gasteiger partial charge in [0.15, 0.2) is 0 Å². The van der Waals surface area contributed by atoms with Gasteiger partial charge in [-0.15, -0.1) is 0 Å². The number of carbonyl (C=O) groups is 1. The van der Waals surface area contributed by atoms with Crippen molar-refractivity contribution >= 4 is 49.9 Å². The quantitative estimate of drug-likeness (QED) is 0.357. The molecule has 0 aliphatic rings. The van der Waals surface area contributed by atoms with Gasteiger partial charge in [0.1, 0.15) is 17.2 Å². The molecule has 0 aliphatic carbocycles. The molecule has 0 fully saturated rings. The molecule has 0 spiro atoms. The third-order valence-electron chi connectivity index (χ3n) is 4.76. The molecule has 0 atom stereocenters. The van der Waals surface area contributed by atoms with Crippen molar-refractivity contribution in [2.75, 3.05) is 12.4 Å². The lowest BCUT2D eigenvalue weighted by Crippen LogP contribution is -2.23. The number of hydrogen-bond acceptors (Lipinski definition) is 8. The Kier molecular flexibility index (Phi) is 6.69. The number of pyridine rings is 1. The number of amides is 1. The first-order valence-corrected chi connectivity index (χ1v) is 11.8. The fourth-order valence-electron chi connectivity index (χ4n) is 3.04. The number of benzene rings is 2. The number of alkyl halides is 3. The summed E-state index contributed by atoms with van der Waals surface area (Å²) in [6.07, 6.45) is 2.88. The minimum absolute atomic E-state index is 0.00821. The van der Waals surface area contributed by atoms with E-state index in [1.54, 1.807) is 24.3 Å². The molecule has 9 nitrogen and oxygen atoms in total. The summed E-state index contributed by atoms with van der Waals surface area (Å²) in [4.78, 5) is 23.0. The molecule has 0 unspecified atom stereocenters. The molecule has 0 radical (unpaired) electrons. The van der Waals surface area contributed by atoms with Gasteiger partial charge in [0.2, 0.25) is 5.95 Å². The lowest BCUT2D eigenvalue weighted by molar-refractivity contribution is -0.0436. The summed E-state index contributed by atoms with van der Waals surface area (Å²) in [5.41, 5.74) is -4.86. The normalized spacial score (nSPS) is 11.8. The van der Waals surface area contributed by atoms with Gasteiger partial charge in [0.25, 0.3) is 15.7 Å². The van der Waals surface area contributed by atoms with E-state index in [1.165, 1.54) is 31.6 Å².